The van der Waals surface area contributed by atoms with Gasteiger partial charge in [0.15, 0.2) is 0 Å². The van der Waals surface area contributed by atoms with Crippen molar-refractivity contribution in [3.05, 3.63) is 29.3 Å². The molecule has 1 aromatic carbocycles. The second kappa shape index (κ2) is 8.11. The Labute approximate surface area is 111 Å². The highest BCUT2D eigenvalue weighted by Gasteiger charge is 2.05. The van der Waals surface area contributed by atoms with E-state index in [1.807, 2.05) is 7.05 Å². The molecule has 0 aliphatic rings. The van der Waals surface area contributed by atoms with Crippen LogP contribution in [-0.2, 0) is 13.0 Å². The summed E-state index contributed by atoms with van der Waals surface area (Å²) in [5.74, 6) is 0.999. The maximum absolute atomic E-state index is 5.35. The highest BCUT2D eigenvalue weighted by molar-refractivity contribution is 5.37. The van der Waals surface area contributed by atoms with Crippen molar-refractivity contribution in [3.63, 3.8) is 0 Å². The fourth-order valence-electron chi connectivity index (χ4n) is 2.12. The smallest absolute Gasteiger partial charge is 0.122 e. The summed E-state index contributed by atoms with van der Waals surface area (Å²) < 4.78 is 5.35. The van der Waals surface area contributed by atoms with Crippen LogP contribution in [-0.4, -0.2) is 39.2 Å². The van der Waals surface area contributed by atoms with Gasteiger partial charge in [-0.3, -0.25) is 0 Å². The van der Waals surface area contributed by atoms with E-state index in [9.17, 15) is 0 Å². The van der Waals surface area contributed by atoms with E-state index in [0.29, 0.717) is 0 Å². The Hall–Kier alpha value is -1.06. The molecule has 0 fully saturated rings. The lowest BCUT2D eigenvalue weighted by Gasteiger charge is -2.17. The molecule has 1 N–H and O–H groups in total. The van der Waals surface area contributed by atoms with E-state index in [1.165, 1.54) is 17.5 Å². The monoisotopic (exact) mass is 250 g/mol. The maximum atomic E-state index is 5.35. The highest BCUT2D eigenvalue weighted by Crippen LogP contribution is 2.20. The Kier molecular flexibility index (Phi) is 6.76. The zero-order valence-electron chi connectivity index (χ0n) is 12.1. The SMILES string of the molecule is CCc1cc(CN(C)CCCNC)ccc1OC. The summed E-state index contributed by atoms with van der Waals surface area (Å²) in [4.78, 5) is 2.36. The molecule has 1 aromatic rings. The fourth-order valence-corrected chi connectivity index (χ4v) is 2.12. The van der Waals surface area contributed by atoms with Crippen LogP contribution in [0.5, 0.6) is 5.75 Å². The number of nitrogens with one attached hydrogen (secondary N) is 1. The first-order valence-corrected chi connectivity index (χ1v) is 6.70. The molecule has 0 unspecified atom stereocenters. The third-order valence-electron chi connectivity index (χ3n) is 3.14. The zero-order valence-corrected chi connectivity index (χ0v) is 12.1. The van der Waals surface area contributed by atoms with Crippen molar-refractivity contribution in [2.75, 3.05) is 34.3 Å². The lowest BCUT2D eigenvalue weighted by molar-refractivity contribution is 0.320. The standard InChI is InChI=1S/C15H26N2O/c1-5-14-11-13(7-8-15(14)18-4)12-17(3)10-6-9-16-2/h7-8,11,16H,5-6,9-10,12H2,1-4H3. The molecule has 0 aromatic heterocycles. The summed E-state index contributed by atoms with van der Waals surface area (Å²) >= 11 is 0. The Morgan fingerprint density at radius 2 is 2.11 bits per heavy atom. The Morgan fingerprint density at radius 3 is 2.72 bits per heavy atom. The number of aryl methyl sites for hydroxylation is 1. The van der Waals surface area contributed by atoms with Crippen LogP contribution in [0.25, 0.3) is 0 Å². The minimum Gasteiger partial charge on any atom is -0.496 e. The highest BCUT2D eigenvalue weighted by atomic mass is 16.5. The second-order valence-corrected chi connectivity index (χ2v) is 4.69. The molecular weight excluding hydrogens is 224 g/mol. The van der Waals surface area contributed by atoms with E-state index in [-0.39, 0.29) is 0 Å². The summed E-state index contributed by atoms with van der Waals surface area (Å²) in [6, 6.07) is 6.50. The molecule has 0 aliphatic heterocycles. The second-order valence-electron chi connectivity index (χ2n) is 4.69. The third kappa shape index (κ3) is 4.67. The first-order chi connectivity index (χ1) is 8.71. The lowest BCUT2D eigenvalue weighted by Crippen LogP contribution is -2.22. The van der Waals surface area contributed by atoms with E-state index in [1.54, 1.807) is 7.11 Å². The molecule has 0 amide bonds. The van der Waals surface area contributed by atoms with Gasteiger partial charge in [0.25, 0.3) is 0 Å². The van der Waals surface area contributed by atoms with E-state index in [4.69, 9.17) is 4.74 Å². The molecule has 0 aliphatic carbocycles. The van der Waals surface area contributed by atoms with Crippen molar-refractivity contribution in [2.24, 2.45) is 0 Å². The van der Waals surface area contributed by atoms with Crippen molar-refractivity contribution in [1.29, 1.82) is 0 Å². The largest absolute Gasteiger partial charge is 0.496 e. The summed E-state index contributed by atoms with van der Waals surface area (Å²) in [7, 11) is 5.90. The zero-order chi connectivity index (χ0) is 13.4. The number of benzene rings is 1. The van der Waals surface area contributed by atoms with E-state index in [0.717, 1.165) is 31.8 Å². The first-order valence-electron chi connectivity index (χ1n) is 6.70. The predicted molar refractivity (Wildman–Crippen MR) is 77.2 cm³/mol. The third-order valence-corrected chi connectivity index (χ3v) is 3.14. The van der Waals surface area contributed by atoms with Crippen molar-refractivity contribution in [2.45, 2.75) is 26.3 Å². The van der Waals surface area contributed by atoms with Crippen molar-refractivity contribution in [1.82, 2.24) is 10.2 Å². The van der Waals surface area contributed by atoms with Gasteiger partial charge in [0.1, 0.15) is 5.75 Å². The number of hydrogen-bond donors (Lipinski definition) is 1. The Bertz CT molecular complexity index is 352. The number of hydrogen-bond acceptors (Lipinski definition) is 3. The quantitative estimate of drug-likeness (QED) is 0.717. The van der Waals surface area contributed by atoms with Gasteiger partial charge in [-0.05, 0) is 57.2 Å². The van der Waals surface area contributed by atoms with Gasteiger partial charge in [0, 0.05) is 6.54 Å². The van der Waals surface area contributed by atoms with Gasteiger partial charge in [-0.15, -0.1) is 0 Å². The van der Waals surface area contributed by atoms with Crippen LogP contribution in [0.3, 0.4) is 0 Å². The summed E-state index contributed by atoms with van der Waals surface area (Å²) in [5, 5.41) is 3.18. The number of methoxy groups -OCH3 is 1. The molecule has 3 heteroatoms. The molecule has 0 bridgehead atoms. The van der Waals surface area contributed by atoms with Gasteiger partial charge in [-0.1, -0.05) is 19.1 Å². The minimum atomic E-state index is 0.999. The number of rotatable bonds is 8. The molecule has 102 valence electrons. The molecule has 0 heterocycles. The molecule has 0 saturated carbocycles. The molecule has 18 heavy (non-hydrogen) atoms. The summed E-state index contributed by atoms with van der Waals surface area (Å²) in [6.45, 7) is 5.36. The van der Waals surface area contributed by atoms with Crippen molar-refractivity contribution in [3.8, 4) is 5.75 Å². The first kappa shape index (κ1) is 15.0. The van der Waals surface area contributed by atoms with Gasteiger partial charge in [-0.25, -0.2) is 0 Å². The predicted octanol–water partition coefficient (Wildman–Crippen LogP) is 2.30. The average Bonchev–Trinajstić information content (AvgIpc) is 2.39. The van der Waals surface area contributed by atoms with Gasteiger partial charge in [-0.2, -0.15) is 0 Å². The van der Waals surface area contributed by atoms with E-state index < -0.39 is 0 Å². The van der Waals surface area contributed by atoms with Gasteiger partial charge < -0.3 is 15.0 Å². The fraction of sp³-hybridized carbons (Fsp3) is 0.600. The van der Waals surface area contributed by atoms with E-state index >= 15 is 0 Å². The average molecular weight is 250 g/mol. The normalized spacial score (nSPS) is 10.9. The summed E-state index contributed by atoms with van der Waals surface area (Å²) in [6.07, 6.45) is 2.20. The molecule has 3 nitrogen and oxygen atoms in total. The molecule has 0 radical (unpaired) electrons. The van der Waals surface area contributed by atoms with Crippen LogP contribution < -0.4 is 10.1 Å². The topological polar surface area (TPSA) is 24.5 Å². The lowest BCUT2D eigenvalue weighted by atomic mass is 10.1. The molecule has 0 atom stereocenters. The Balaban J connectivity index is 2.56. The van der Waals surface area contributed by atoms with Crippen LogP contribution >= 0.6 is 0 Å². The minimum absolute atomic E-state index is 0.999. The van der Waals surface area contributed by atoms with Gasteiger partial charge in [0.2, 0.25) is 0 Å². The maximum Gasteiger partial charge on any atom is 0.122 e. The number of nitrogens with zero attached hydrogens (tertiary/aromatic N) is 1. The summed E-state index contributed by atoms with van der Waals surface area (Å²) in [5.41, 5.74) is 2.65. The molecule has 0 spiro atoms. The van der Waals surface area contributed by atoms with Crippen molar-refractivity contribution < 1.29 is 4.74 Å². The number of ether oxygens (including phenoxy) is 1. The Morgan fingerprint density at radius 1 is 1.33 bits per heavy atom. The molecule has 1 rings (SSSR count). The van der Waals surface area contributed by atoms with Crippen LogP contribution in [0.1, 0.15) is 24.5 Å². The van der Waals surface area contributed by atoms with Gasteiger partial charge in [0.05, 0.1) is 7.11 Å². The van der Waals surface area contributed by atoms with Gasteiger partial charge >= 0.3 is 0 Å². The van der Waals surface area contributed by atoms with Crippen LogP contribution in [0.4, 0.5) is 0 Å². The van der Waals surface area contributed by atoms with Crippen LogP contribution in [0.2, 0.25) is 0 Å². The van der Waals surface area contributed by atoms with Crippen LogP contribution in [0, 0.1) is 0 Å². The van der Waals surface area contributed by atoms with Crippen LogP contribution in [0.15, 0.2) is 18.2 Å². The molecular formula is C15H26N2O. The van der Waals surface area contributed by atoms with Crippen molar-refractivity contribution >= 4 is 0 Å². The molecule has 0 saturated heterocycles. The van der Waals surface area contributed by atoms with E-state index in [2.05, 4.69) is 42.4 Å².